The summed E-state index contributed by atoms with van der Waals surface area (Å²) in [6, 6.07) is 95.2. The van der Waals surface area contributed by atoms with Crippen molar-refractivity contribution in [3.05, 3.63) is 305 Å². The fourth-order valence-corrected chi connectivity index (χ4v) is 12.9. The van der Waals surface area contributed by atoms with Gasteiger partial charge in [0.2, 0.25) is 0 Å². The van der Waals surface area contributed by atoms with Crippen LogP contribution in [-0.2, 0) is 10.8 Å². The highest BCUT2D eigenvalue weighted by Gasteiger charge is 2.53. The van der Waals surface area contributed by atoms with E-state index in [0.29, 0.717) is 0 Å². The molecule has 0 saturated carbocycles. The van der Waals surface area contributed by atoms with Crippen LogP contribution in [0.4, 0.5) is 17.1 Å². The molecule has 0 aromatic heterocycles. The Hall–Kier alpha value is -9.18. The first-order valence-electron chi connectivity index (χ1n) is 24.5. The maximum absolute atomic E-state index is 6.75. The van der Waals surface area contributed by atoms with E-state index in [0.717, 1.165) is 84.6 Å². The van der Waals surface area contributed by atoms with E-state index in [1.54, 1.807) is 0 Å². The first-order valence-corrected chi connectivity index (χ1v) is 24.5. The molecule has 0 radical (unpaired) electrons. The maximum atomic E-state index is 6.75. The second-order valence-electron chi connectivity index (χ2n) is 19.0. The van der Waals surface area contributed by atoms with Gasteiger partial charge < -0.3 is 14.4 Å². The molecular formula is C68H43NO2. The van der Waals surface area contributed by atoms with Crippen molar-refractivity contribution >= 4 is 17.1 Å². The topological polar surface area (TPSA) is 21.7 Å². The van der Waals surface area contributed by atoms with E-state index in [1.165, 1.54) is 44.5 Å². The number of benzene rings is 11. The number of hydrogen-bond acceptors (Lipinski definition) is 3. The third-order valence-corrected chi connectivity index (χ3v) is 15.6. The molecule has 0 atom stereocenters. The van der Waals surface area contributed by atoms with Crippen LogP contribution in [0.15, 0.2) is 261 Å². The van der Waals surface area contributed by atoms with E-state index in [-0.39, 0.29) is 0 Å². The Morgan fingerprint density at radius 2 is 0.620 bits per heavy atom. The summed E-state index contributed by atoms with van der Waals surface area (Å²) in [6.07, 6.45) is 0. The van der Waals surface area contributed by atoms with E-state index in [1.807, 2.05) is 0 Å². The zero-order valence-corrected chi connectivity index (χ0v) is 38.6. The lowest BCUT2D eigenvalue weighted by atomic mass is 9.66. The standard InChI is InChI=1S/C68H43NO2/c1-2-21-44(22-3-1)46-23-6-14-34-59(46)69(61-36-20-33-58-66(61)49-26-5-9-28-52(49)68(58)56-31-12-18-39-64(56)71-65-40-19-13-32-57(65)68)60-35-15-7-24-47(60)45-41-42-53-50(43-45)48-25-4-8-27-51(48)67(53)54-29-10-16-37-62(54)70-63-38-17-11-30-55(63)67/h1-43H. The number of hydrogen-bond donors (Lipinski definition) is 0. The molecule has 3 nitrogen and oxygen atoms in total. The third-order valence-electron chi connectivity index (χ3n) is 15.6. The fraction of sp³-hybridized carbons (Fsp3) is 0.0294. The first-order chi connectivity index (χ1) is 35.2. The normalized spacial score (nSPS) is 14.1. The summed E-state index contributed by atoms with van der Waals surface area (Å²) in [5, 5.41) is 0. The molecule has 0 N–H and O–H groups in total. The summed E-state index contributed by atoms with van der Waals surface area (Å²) in [4.78, 5) is 2.54. The van der Waals surface area contributed by atoms with E-state index >= 15 is 0 Å². The summed E-state index contributed by atoms with van der Waals surface area (Å²) >= 11 is 0. The van der Waals surface area contributed by atoms with Gasteiger partial charge in [-0.15, -0.1) is 0 Å². The summed E-state index contributed by atoms with van der Waals surface area (Å²) in [7, 11) is 0. The molecule has 15 rings (SSSR count). The smallest absolute Gasteiger partial charge is 0.132 e. The zero-order chi connectivity index (χ0) is 46.7. The van der Waals surface area contributed by atoms with Gasteiger partial charge in [-0.25, -0.2) is 0 Å². The van der Waals surface area contributed by atoms with Crippen molar-refractivity contribution < 1.29 is 9.47 Å². The van der Waals surface area contributed by atoms with Crippen molar-refractivity contribution in [2.75, 3.05) is 4.90 Å². The van der Waals surface area contributed by atoms with Crippen LogP contribution in [0.2, 0.25) is 0 Å². The molecule has 2 heterocycles. The van der Waals surface area contributed by atoms with E-state index < -0.39 is 10.8 Å². The number of nitrogens with zero attached hydrogens (tertiary/aromatic N) is 1. The first kappa shape index (κ1) is 39.8. The van der Waals surface area contributed by atoms with E-state index in [2.05, 4.69) is 266 Å². The highest BCUT2D eigenvalue weighted by molar-refractivity contribution is 6.03. The number of fused-ring (bicyclic) bond motifs is 18. The molecular weight excluding hydrogens is 863 g/mol. The van der Waals surface area contributed by atoms with E-state index in [9.17, 15) is 0 Å². The monoisotopic (exact) mass is 905 g/mol. The number of rotatable bonds is 5. The average molecular weight is 906 g/mol. The highest BCUT2D eigenvalue weighted by Crippen LogP contribution is 2.66. The van der Waals surface area contributed by atoms with Gasteiger partial charge in [0.15, 0.2) is 0 Å². The average Bonchev–Trinajstić information content (AvgIpc) is 3.90. The molecule has 3 heteroatoms. The molecule has 0 fully saturated rings. The van der Waals surface area contributed by atoms with Crippen LogP contribution in [0, 0.1) is 0 Å². The van der Waals surface area contributed by atoms with Crippen molar-refractivity contribution in [3.8, 4) is 67.5 Å². The lowest BCUT2D eigenvalue weighted by molar-refractivity contribution is 0.436. The van der Waals surface area contributed by atoms with Gasteiger partial charge in [0.1, 0.15) is 23.0 Å². The molecule has 0 saturated heterocycles. The zero-order valence-electron chi connectivity index (χ0n) is 38.6. The van der Waals surface area contributed by atoms with Crippen molar-refractivity contribution in [1.29, 1.82) is 0 Å². The Morgan fingerprint density at radius 3 is 1.18 bits per heavy atom. The molecule has 0 unspecified atom stereocenters. The van der Waals surface area contributed by atoms with Crippen molar-refractivity contribution in [3.63, 3.8) is 0 Å². The van der Waals surface area contributed by atoms with Crippen molar-refractivity contribution in [2.45, 2.75) is 10.8 Å². The number of para-hydroxylation sites is 6. The summed E-state index contributed by atoms with van der Waals surface area (Å²) in [5.41, 5.74) is 21.1. The molecule has 71 heavy (non-hydrogen) atoms. The number of ether oxygens (including phenoxy) is 2. The Labute approximate surface area is 413 Å². The van der Waals surface area contributed by atoms with Crippen LogP contribution in [0.25, 0.3) is 44.5 Å². The minimum absolute atomic E-state index is 0.550. The quantitative estimate of drug-likeness (QED) is 0.172. The Balaban J connectivity index is 1.00. The van der Waals surface area contributed by atoms with Crippen LogP contribution >= 0.6 is 0 Å². The van der Waals surface area contributed by atoms with Gasteiger partial charge in [-0.2, -0.15) is 0 Å². The minimum atomic E-state index is -0.623. The second-order valence-corrected chi connectivity index (χ2v) is 19.0. The van der Waals surface area contributed by atoms with Gasteiger partial charge in [0.05, 0.1) is 27.9 Å². The Morgan fingerprint density at radius 1 is 0.239 bits per heavy atom. The van der Waals surface area contributed by atoms with Crippen LogP contribution in [0.1, 0.15) is 44.5 Å². The molecule has 11 aromatic carbocycles. The van der Waals surface area contributed by atoms with Gasteiger partial charge in [0.25, 0.3) is 0 Å². The molecule has 0 bridgehead atoms. The lowest BCUT2D eigenvalue weighted by Crippen LogP contribution is -2.32. The Bertz CT molecular complexity index is 3890. The van der Waals surface area contributed by atoms with Crippen LogP contribution in [-0.4, -0.2) is 0 Å². The van der Waals surface area contributed by atoms with Crippen molar-refractivity contribution in [2.24, 2.45) is 0 Å². The number of anilines is 3. The predicted molar refractivity (Wildman–Crippen MR) is 287 cm³/mol. The molecule has 11 aromatic rings. The van der Waals surface area contributed by atoms with Crippen LogP contribution in [0.3, 0.4) is 0 Å². The maximum Gasteiger partial charge on any atom is 0.132 e. The molecule has 2 aliphatic heterocycles. The molecule has 4 aliphatic rings. The molecule has 332 valence electrons. The second kappa shape index (κ2) is 15.2. The third kappa shape index (κ3) is 5.38. The fourth-order valence-electron chi connectivity index (χ4n) is 12.9. The summed E-state index contributed by atoms with van der Waals surface area (Å²) in [5.74, 6) is 3.54. The van der Waals surface area contributed by atoms with Crippen molar-refractivity contribution in [1.82, 2.24) is 0 Å². The van der Waals surface area contributed by atoms with Gasteiger partial charge in [-0.1, -0.05) is 212 Å². The predicted octanol–water partition coefficient (Wildman–Crippen LogP) is 17.4. The van der Waals surface area contributed by atoms with Gasteiger partial charge in [0, 0.05) is 38.9 Å². The highest BCUT2D eigenvalue weighted by atomic mass is 16.5. The van der Waals surface area contributed by atoms with Crippen LogP contribution in [0.5, 0.6) is 23.0 Å². The molecule has 0 amide bonds. The SMILES string of the molecule is c1ccc(-c2ccccc2N(c2ccccc2-c2ccc3c(c2)-c2ccccc2C32c3ccccc3Oc3ccccc32)c2cccc3c2-c2ccccc2C32c3ccccc3Oc3ccccc32)cc1. The summed E-state index contributed by atoms with van der Waals surface area (Å²) in [6.45, 7) is 0. The van der Waals surface area contributed by atoms with E-state index in [4.69, 9.17) is 9.47 Å². The van der Waals surface area contributed by atoms with Gasteiger partial charge in [-0.3, -0.25) is 0 Å². The summed E-state index contributed by atoms with van der Waals surface area (Å²) < 4.78 is 13.4. The van der Waals surface area contributed by atoms with Crippen LogP contribution < -0.4 is 14.4 Å². The lowest BCUT2D eigenvalue weighted by Gasteiger charge is -2.39. The molecule has 2 spiro atoms. The Kier molecular flexibility index (Phi) is 8.49. The minimum Gasteiger partial charge on any atom is -0.457 e. The molecule has 2 aliphatic carbocycles. The van der Waals surface area contributed by atoms with Gasteiger partial charge in [-0.05, 0) is 98.6 Å². The van der Waals surface area contributed by atoms with Gasteiger partial charge >= 0.3 is 0 Å². The largest absolute Gasteiger partial charge is 0.457 e.